The third-order valence-corrected chi connectivity index (χ3v) is 4.04. The summed E-state index contributed by atoms with van der Waals surface area (Å²) < 4.78 is 0. The third-order valence-electron chi connectivity index (χ3n) is 4.04. The van der Waals surface area contributed by atoms with Crippen molar-refractivity contribution in [1.29, 1.82) is 0 Å². The Kier molecular flexibility index (Phi) is 5.91. The highest BCUT2D eigenvalue weighted by Gasteiger charge is 2.09. The third kappa shape index (κ3) is 4.13. The van der Waals surface area contributed by atoms with Gasteiger partial charge in [0.05, 0.1) is 5.52 Å². The molecular weight excluding hydrogens is 258 g/mol. The molecule has 0 radical (unpaired) electrons. The number of carbonyl (C=O) groups excluding carboxylic acids is 1. The predicted molar refractivity (Wildman–Crippen MR) is 88.8 cm³/mol. The van der Waals surface area contributed by atoms with Crippen LogP contribution in [0, 0.1) is 0 Å². The van der Waals surface area contributed by atoms with Crippen molar-refractivity contribution < 1.29 is 4.79 Å². The SMILES string of the molecule is CCCCCCCCc1ccc(C(C)=O)c2ncccc12. The number of Topliss-reactive ketones (excluding diaryl/α,β-unsaturated/α-hetero) is 1. The van der Waals surface area contributed by atoms with Crippen molar-refractivity contribution in [1.82, 2.24) is 4.98 Å². The second-order valence-corrected chi connectivity index (χ2v) is 5.75. The molecule has 0 bridgehead atoms. The molecule has 2 aromatic rings. The molecule has 1 aromatic heterocycles. The Morgan fingerprint density at radius 3 is 2.57 bits per heavy atom. The van der Waals surface area contributed by atoms with Crippen LogP contribution in [0.3, 0.4) is 0 Å². The van der Waals surface area contributed by atoms with Crippen molar-refractivity contribution >= 4 is 16.7 Å². The van der Waals surface area contributed by atoms with Crippen LogP contribution in [-0.2, 0) is 6.42 Å². The van der Waals surface area contributed by atoms with Gasteiger partial charge in [-0.1, -0.05) is 51.2 Å². The summed E-state index contributed by atoms with van der Waals surface area (Å²) in [5.74, 6) is 0.0878. The molecule has 2 heteroatoms. The van der Waals surface area contributed by atoms with Crippen LogP contribution < -0.4 is 0 Å². The fourth-order valence-corrected chi connectivity index (χ4v) is 2.83. The molecule has 0 aliphatic carbocycles. The van der Waals surface area contributed by atoms with Gasteiger partial charge in [-0.3, -0.25) is 9.78 Å². The average molecular weight is 283 g/mol. The number of benzene rings is 1. The summed E-state index contributed by atoms with van der Waals surface area (Å²) in [4.78, 5) is 16.1. The number of ketones is 1. The molecule has 2 nitrogen and oxygen atoms in total. The second kappa shape index (κ2) is 7.92. The quantitative estimate of drug-likeness (QED) is 0.483. The van der Waals surface area contributed by atoms with Crippen LogP contribution in [0.4, 0.5) is 0 Å². The van der Waals surface area contributed by atoms with Crippen molar-refractivity contribution in [3.8, 4) is 0 Å². The summed E-state index contributed by atoms with van der Waals surface area (Å²) in [6.45, 7) is 3.85. The first-order valence-electron chi connectivity index (χ1n) is 8.11. The van der Waals surface area contributed by atoms with E-state index in [1.165, 1.54) is 44.1 Å². The van der Waals surface area contributed by atoms with Gasteiger partial charge in [0.25, 0.3) is 0 Å². The lowest BCUT2D eigenvalue weighted by molar-refractivity contribution is 0.101. The predicted octanol–water partition coefficient (Wildman–Crippen LogP) is 5.34. The molecular formula is C19H25NO. The van der Waals surface area contributed by atoms with E-state index >= 15 is 0 Å². The minimum absolute atomic E-state index is 0.0878. The number of hydrogen-bond donors (Lipinski definition) is 0. The molecule has 0 aliphatic heterocycles. The Bertz CT molecular complexity index is 604. The lowest BCUT2D eigenvalue weighted by atomic mass is 9.97. The number of pyridine rings is 1. The largest absolute Gasteiger partial charge is 0.294 e. The zero-order valence-corrected chi connectivity index (χ0v) is 13.2. The first-order chi connectivity index (χ1) is 10.2. The van der Waals surface area contributed by atoms with Crippen LogP contribution in [0.15, 0.2) is 30.5 Å². The summed E-state index contributed by atoms with van der Waals surface area (Å²) in [7, 11) is 0. The summed E-state index contributed by atoms with van der Waals surface area (Å²) in [5, 5.41) is 1.14. The lowest BCUT2D eigenvalue weighted by Crippen LogP contribution is -1.98. The zero-order valence-electron chi connectivity index (χ0n) is 13.2. The number of nitrogens with zero attached hydrogens (tertiary/aromatic N) is 1. The highest BCUT2D eigenvalue weighted by Crippen LogP contribution is 2.23. The molecule has 112 valence electrons. The maximum Gasteiger partial charge on any atom is 0.161 e. The molecule has 2 rings (SSSR count). The van der Waals surface area contributed by atoms with Crippen molar-refractivity contribution in [3.63, 3.8) is 0 Å². The number of fused-ring (bicyclic) bond motifs is 1. The smallest absolute Gasteiger partial charge is 0.161 e. The molecule has 0 amide bonds. The van der Waals surface area contributed by atoms with Crippen LogP contribution in [-0.4, -0.2) is 10.8 Å². The number of carbonyl (C=O) groups is 1. The molecule has 1 heterocycles. The second-order valence-electron chi connectivity index (χ2n) is 5.75. The van der Waals surface area contributed by atoms with E-state index < -0.39 is 0 Å². The molecule has 0 spiro atoms. The molecule has 21 heavy (non-hydrogen) atoms. The maximum atomic E-state index is 11.7. The van der Waals surface area contributed by atoms with E-state index in [4.69, 9.17) is 0 Å². The minimum Gasteiger partial charge on any atom is -0.294 e. The zero-order chi connectivity index (χ0) is 15.1. The van der Waals surface area contributed by atoms with E-state index in [1.54, 1.807) is 13.1 Å². The Labute approximate surface area is 127 Å². The number of aryl methyl sites for hydroxylation is 1. The van der Waals surface area contributed by atoms with Gasteiger partial charge in [-0.2, -0.15) is 0 Å². The number of rotatable bonds is 8. The van der Waals surface area contributed by atoms with Gasteiger partial charge in [0.1, 0.15) is 0 Å². The van der Waals surface area contributed by atoms with Crippen LogP contribution in [0.5, 0.6) is 0 Å². The molecule has 0 aliphatic rings. The van der Waals surface area contributed by atoms with Gasteiger partial charge in [0.15, 0.2) is 5.78 Å². The van der Waals surface area contributed by atoms with Crippen molar-refractivity contribution in [2.75, 3.05) is 0 Å². The number of aromatic nitrogens is 1. The first kappa shape index (κ1) is 15.7. The number of unbranched alkanes of at least 4 members (excludes halogenated alkanes) is 5. The Morgan fingerprint density at radius 2 is 1.81 bits per heavy atom. The molecule has 0 unspecified atom stereocenters. The van der Waals surface area contributed by atoms with Crippen molar-refractivity contribution in [2.24, 2.45) is 0 Å². The fraction of sp³-hybridized carbons (Fsp3) is 0.474. The number of hydrogen-bond acceptors (Lipinski definition) is 2. The molecule has 0 N–H and O–H groups in total. The van der Waals surface area contributed by atoms with Crippen LogP contribution >= 0.6 is 0 Å². The van der Waals surface area contributed by atoms with E-state index in [1.807, 2.05) is 12.1 Å². The van der Waals surface area contributed by atoms with Gasteiger partial charge in [0, 0.05) is 17.1 Å². The summed E-state index contributed by atoms with van der Waals surface area (Å²) in [6, 6.07) is 8.08. The van der Waals surface area contributed by atoms with E-state index in [0.29, 0.717) is 0 Å². The first-order valence-corrected chi connectivity index (χ1v) is 8.11. The van der Waals surface area contributed by atoms with Crippen LogP contribution in [0.1, 0.15) is 68.3 Å². The van der Waals surface area contributed by atoms with Gasteiger partial charge in [-0.25, -0.2) is 0 Å². The van der Waals surface area contributed by atoms with Gasteiger partial charge >= 0.3 is 0 Å². The van der Waals surface area contributed by atoms with E-state index in [0.717, 1.165) is 22.9 Å². The van der Waals surface area contributed by atoms with Gasteiger partial charge in [-0.15, -0.1) is 0 Å². The lowest BCUT2D eigenvalue weighted by Gasteiger charge is -2.09. The molecule has 0 saturated heterocycles. The van der Waals surface area contributed by atoms with E-state index in [2.05, 4.69) is 24.0 Å². The average Bonchev–Trinajstić information content (AvgIpc) is 2.50. The molecule has 0 saturated carbocycles. The molecule has 0 atom stereocenters. The Hall–Kier alpha value is -1.70. The monoisotopic (exact) mass is 283 g/mol. The summed E-state index contributed by atoms with van der Waals surface area (Å²) in [5.41, 5.74) is 2.91. The van der Waals surface area contributed by atoms with Crippen molar-refractivity contribution in [2.45, 2.75) is 58.8 Å². The summed E-state index contributed by atoms with van der Waals surface area (Å²) >= 11 is 0. The highest BCUT2D eigenvalue weighted by atomic mass is 16.1. The van der Waals surface area contributed by atoms with Gasteiger partial charge < -0.3 is 0 Å². The highest BCUT2D eigenvalue weighted by molar-refractivity contribution is 6.06. The maximum absolute atomic E-state index is 11.7. The van der Waals surface area contributed by atoms with E-state index in [-0.39, 0.29) is 5.78 Å². The van der Waals surface area contributed by atoms with E-state index in [9.17, 15) is 4.79 Å². The topological polar surface area (TPSA) is 30.0 Å². The van der Waals surface area contributed by atoms with Gasteiger partial charge in [0.2, 0.25) is 0 Å². The standard InChI is InChI=1S/C19H25NO/c1-3-4-5-6-7-8-10-16-12-13-17(15(2)21)19-18(16)11-9-14-20-19/h9,11-14H,3-8,10H2,1-2H3. The van der Waals surface area contributed by atoms with Crippen LogP contribution in [0.25, 0.3) is 10.9 Å². The van der Waals surface area contributed by atoms with Crippen molar-refractivity contribution in [3.05, 3.63) is 41.6 Å². The fourth-order valence-electron chi connectivity index (χ4n) is 2.83. The normalized spacial score (nSPS) is 11.0. The minimum atomic E-state index is 0.0878. The Morgan fingerprint density at radius 1 is 1.05 bits per heavy atom. The molecule has 0 fully saturated rings. The molecule has 1 aromatic carbocycles. The summed E-state index contributed by atoms with van der Waals surface area (Å²) in [6.07, 6.45) is 10.7. The Balaban J connectivity index is 2.07. The van der Waals surface area contributed by atoms with Crippen LogP contribution in [0.2, 0.25) is 0 Å². The van der Waals surface area contributed by atoms with Gasteiger partial charge in [-0.05, 0) is 37.5 Å².